The maximum Gasteiger partial charge on any atom is 0.293 e. The summed E-state index contributed by atoms with van der Waals surface area (Å²) in [6.45, 7) is 0.118. The Morgan fingerprint density at radius 1 is 1.17 bits per heavy atom. The normalized spacial score (nSPS) is 15.1. The number of hydrogen-bond donors (Lipinski definition) is 1. The second kappa shape index (κ2) is 8.91. The van der Waals surface area contributed by atoms with E-state index in [1.54, 1.807) is 25.1 Å². The standard InChI is InChI=1S/C21H20FN3O3S/c1-24(2)17-9-8-15(13-16(17)22)19(26)23-10-11-25-20(27)18(29-21(25)28)12-14-6-4-3-5-7-14/h3-9,12-13H,10-11H2,1-2H3,(H,23,26)/b18-12+. The summed E-state index contributed by atoms with van der Waals surface area (Å²) in [7, 11) is 3.42. The van der Waals surface area contributed by atoms with E-state index in [0.717, 1.165) is 28.3 Å². The topological polar surface area (TPSA) is 69.7 Å². The summed E-state index contributed by atoms with van der Waals surface area (Å²) in [5.41, 5.74) is 1.38. The number of benzene rings is 2. The van der Waals surface area contributed by atoms with E-state index in [-0.39, 0.29) is 29.8 Å². The number of imide groups is 1. The molecule has 1 saturated heterocycles. The van der Waals surface area contributed by atoms with Crippen LogP contribution in [0.2, 0.25) is 0 Å². The van der Waals surface area contributed by atoms with Gasteiger partial charge in [-0.1, -0.05) is 30.3 Å². The Hall–Kier alpha value is -3.13. The van der Waals surface area contributed by atoms with Gasteiger partial charge in [0, 0.05) is 32.7 Å². The average molecular weight is 413 g/mol. The fraction of sp³-hybridized carbons (Fsp3) is 0.190. The molecule has 0 aromatic heterocycles. The molecule has 0 radical (unpaired) electrons. The van der Waals surface area contributed by atoms with Crippen molar-refractivity contribution in [2.24, 2.45) is 0 Å². The first-order valence-electron chi connectivity index (χ1n) is 8.92. The number of anilines is 1. The summed E-state index contributed by atoms with van der Waals surface area (Å²) >= 11 is 0.870. The van der Waals surface area contributed by atoms with E-state index in [1.807, 2.05) is 30.3 Å². The summed E-state index contributed by atoms with van der Waals surface area (Å²) in [5, 5.41) is 2.23. The number of nitrogens with one attached hydrogen (secondary N) is 1. The minimum absolute atomic E-state index is 0.0425. The predicted octanol–water partition coefficient (Wildman–Crippen LogP) is 3.36. The van der Waals surface area contributed by atoms with Crippen molar-refractivity contribution in [3.8, 4) is 0 Å². The number of thioether (sulfide) groups is 1. The molecule has 1 heterocycles. The molecule has 150 valence electrons. The van der Waals surface area contributed by atoms with Gasteiger partial charge in [-0.05, 0) is 41.6 Å². The van der Waals surface area contributed by atoms with Crippen molar-refractivity contribution < 1.29 is 18.8 Å². The van der Waals surface area contributed by atoms with Crippen LogP contribution in [0.25, 0.3) is 6.08 Å². The quantitative estimate of drug-likeness (QED) is 0.736. The maximum atomic E-state index is 14.0. The van der Waals surface area contributed by atoms with Crippen LogP contribution in [-0.2, 0) is 4.79 Å². The van der Waals surface area contributed by atoms with Gasteiger partial charge >= 0.3 is 0 Å². The molecule has 0 unspecified atom stereocenters. The highest BCUT2D eigenvalue weighted by molar-refractivity contribution is 8.18. The number of carbonyl (C=O) groups is 3. The van der Waals surface area contributed by atoms with E-state index in [4.69, 9.17) is 0 Å². The number of amides is 3. The molecule has 3 rings (SSSR count). The van der Waals surface area contributed by atoms with Crippen molar-refractivity contribution >= 4 is 40.6 Å². The molecule has 2 aromatic rings. The van der Waals surface area contributed by atoms with Crippen LogP contribution in [0.5, 0.6) is 0 Å². The first-order chi connectivity index (χ1) is 13.9. The minimum atomic E-state index is -0.500. The molecule has 0 saturated carbocycles. The summed E-state index contributed by atoms with van der Waals surface area (Å²) in [6.07, 6.45) is 1.67. The summed E-state index contributed by atoms with van der Waals surface area (Å²) in [6, 6.07) is 13.5. The summed E-state index contributed by atoms with van der Waals surface area (Å²) < 4.78 is 14.0. The Morgan fingerprint density at radius 2 is 1.90 bits per heavy atom. The average Bonchev–Trinajstić information content (AvgIpc) is 2.95. The molecule has 1 aliphatic rings. The molecule has 29 heavy (non-hydrogen) atoms. The maximum absolute atomic E-state index is 14.0. The molecule has 0 atom stereocenters. The highest BCUT2D eigenvalue weighted by Crippen LogP contribution is 2.31. The molecule has 2 aromatic carbocycles. The summed E-state index contributed by atoms with van der Waals surface area (Å²) in [4.78, 5) is 39.9. The number of carbonyl (C=O) groups excluding carboxylic acids is 3. The molecular formula is C21H20FN3O3S. The number of rotatable bonds is 6. The van der Waals surface area contributed by atoms with E-state index in [9.17, 15) is 18.8 Å². The van der Waals surface area contributed by atoms with Crippen molar-refractivity contribution in [1.29, 1.82) is 0 Å². The van der Waals surface area contributed by atoms with Crippen molar-refractivity contribution in [3.63, 3.8) is 0 Å². The SMILES string of the molecule is CN(C)c1ccc(C(=O)NCCN2C(=O)S/C(=C/c3ccccc3)C2=O)cc1F. The second-order valence-corrected chi connectivity index (χ2v) is 7.55. The van der Waals surface area contributed by atoms with Crippen molar-refractivity contribution in [2.75, 3.05) is 32.1 Å². The molecule has 1 N–H and O–H groups in total. The lowest BCUT2D eigenvalue weighted by Crippen LogP contribution is -2.37. The van der Waals surface area contributed by atoms with Gasteiger partial charge in [-0.3, -0.25) is 19.3 Å². The van der Waals surface area contributed by atoms with Crippen molar-refractivity contribution in [1.82, 2.24) is 10.2 Å². The predicted molar refractivity (Wildman–Crippen MR) is 112 cm³/mol. The fourth-order valence-corrected chi connectivity index (χ4v) is 3.65. The second-order valence-electron chi connectivity index (χ2n) is 6.56. The van der Waals surface area contributed by atoms with Gasteiger partial charge in [0.25, 0.3) is 17.1 Å². The zero-order valence-electron chi connectivity index (χ0n) is 16.0. The highest BCUT2D eigenvalue weighted by Gasteiger charge is 2.34. The van der Waals surface area contributed by atoms with Crippen molar-refractivity contribution in [2.45, 2.75) is 0 Å². The fourth-order valence-electron chi connectivity index (χ4n) is 2.79. The van der Waals surface area contributed by atoms with Gasteiger partial charge in [-0.2, -0.15) is 0 Å². The molecule has 0 bridgehead atoms. The van der Waals surface area contributed by atoms with Crippen LogP contribution in [0.3, 0.4) is 0 Å². The van der Waals surface area contributed by atoms with Crippen LogP contribution < -0.4 is 10.2 Å². The first-order valence-corrected chi connectivity index (χ1v) is 9.74. The number of hydrogen-bond acceptors (Lipinski definition) is 5. The third-order valence-corrected chi connectivity index (χ3v) is 5.19. The smallest absolute Gasteiger partial charge is 0.293 e. The van der Waals surface area contributed by atoms with E-state index in [2.05, 4.69) is 5.32 Å². The van der Waals surface area contributed by atoms with Gasteiger partial charge in [-0.25, -0.2) is 4.39 Å². The van der Waals surface area contributed by atoms with Gasteiger partial charge in [0.2, 0.25) is 0 Å². The third kappa shape index (κ3) is 4.83. The van der Waals surface area contributed by atoms with Crippen LogP contribution >= 0.6 is 11.8 Å². The Labute approximate surface area is 172 Å². The van der Waals surface area contributed by atoms with Crippen molar-refractivity contribution in [3.05, 3.63) is 70.4 Å². The lowest BCUT2D eigenvalue weighted by molar-refractivity contribution is -0.122. The Morgan fingerprint density at radius 3 is 2.55 bits per heavy atom. The molecule has 8 heteroatoms. The van der Waals surface area contributed by atoms with Gasteiger partial charge in [0.1, 0.15) is 5.82 Å². The Kier molecular flexibility index (Phi) is 6.33. The highest BCUT2D eigenvalue weighted by atomic mass is 32.2. The van der Waals surface area contributed by atoms with Crippen LogP contribution in [0.4, 0.5) is 14.9 Å². The Bertz CT molecular complexity index is 976. The molecular weight excluding hydrogens is 393 g/mol. The van der Waals surface area contributed by atoms with Crippen LogP contribution in [0, 0.1) is 5.82 Å². The largest absolute Gasteiger partial charge is 0.375 e. The van der Waals surface area contributed by atoms with Gasteiger partial charge in [0.05, 0.1) is 10.6 Å². The zero-order chi connectivity index (χ0) is 21.0. The monoisotopic (exact) mass is 413 g/mol. The van der Waals surface area contributed by atoms with E-state index in [0.29, 0.717) is 10.6 Å². The van der Waals surface area contributed by atoms with Gasteiger partial charge < -0.3 is 10.2 Å². The minimum Gasteiger partial charge on any atom is -0.375 e. The van der Waals surface area contributed by atoms with Crippen LogP contribution in [0.1, 0.15) is 15.9 Å². The van der Waals surface area contributed by atoms with E-state index in [1.165, 1.54) is 12.1 Å². The third-order valence-electron chi connectivity index (χ3n) is 4.28. The molecule has 1 aliphatic heterocycles. The van der Waals surface area contributed by atoms with Crippen LogP contribution in [-0.4, -0.2) is 49.1 Å². The zero-order valence-corrected chi connectivity index (χ0v) is 16.8. The van der Waals surface area contributed by atoms with Gasteiger partial charge in [-0.15, -0.1) is 0 Å². The number of nitrogens with zero attached hydrogens (tertiary/aromatic N) is 2. The molecule has 1 fully saturated rings. The van der Waals surface area contributed by atoms with Gasteiger partial charge in [0.15, 0.2) is 0 Å². The lowest BCUT2D eigenvalue weighted by Gasteiger charge is -2.15. The molecule has 6 nitrogen and oxygen atoms in total. The molecule has 0 aliphatic carbocycles. The van der Waals surface area contributed by atoms with E-state index < -0.39 is 11.7 Å². The van der Waals surface area contributed by atoms with E-state index >= 15 is 0 Å². The summed E-state index contributed by atoms with van der Waals surface area (Å²) in [5.74, 6) is -1.36. The molecule has 3 amide bonds. The lowest BCUT2D eigenvalue weighted by atomic mass is 10.1. The van der Waals surface area contributed by atoms with Crippen LogP contribution in [0.15, 0.2) is 53.4 Å². The Balaban J connectivity index is 1.58. The molecule has 0 spiro atoms. The first kappa shape index (κ1) is 20.6. The number of halogens is 1.